The fraction of sp³-hybridized carbons (Fsp3) is 0.143. The lowest BCUT2D eigenvalue weighted by Crippen LogP contribution is -1.96. The van der Waals surface area contributed by atoms with E-state index in [0.717, 1.165) is 5.56 Å². The first-order valence-corrected chi connectivity index (χ1v) is 6.70. The van der Waals surface area contributed by atoms with E-state index in [-0.39, 0.29) is 11.4 Å². The number of rotatable bonds is 4. The van der Waals surface area contributed by atoms with Gasteiger partial charge in [0.25, 0.3) is 0 Å². The molecule has 0 radical (unpaired) electrons. The number of nitro groups is 1. The number of hydrogen-bond donors (Lipinski definition) is 0. The summed E-state index contributed by atoms with van der Waals surface area (Å²) < 4.78 is 5.62. The highest BCUT2D eigenvalue weighted by molar-refractivity contribution is 6.32. The van der Waals surface area contributed by atoms with Crippen LogP contribution < -0.4 is 4.74 Å². The third-order valence-electron chi connectivity index (χ3n) is 2.75. The summed E-state index contributed by atoms with van der Waals surface area (Å²) in [5.41, 5.74) is 1.42. The molecule has 0 saturated heterocycles. The zero-order chi connectivity index (χ0) is 14.7. The van der Waals surface area contributed by atoms with Crippen molar-refractivity contribution in [2.75, 3.05) is 0 Å². The van der Waals surface area contributed by atoms with Crippen LogP contribution in [0.15, 0.2) is 36.4 Å². The molecule has 0 aliphatic carbocycles. The fourth-order valence-electron chi connectivity index (χ4n) is 1.73. The smallest absolute Gasteiger partial charge is 0.311 e. The van der Waals surface area contributed by atoms with Gasteiger partial charge in [-0.1, -0.05) is 29.8 Å². The first-order valence-electron chi connectivity index (χ1n) is 5.79. The minimum absolute atomic E-state index is 0.0949. The van der Waals surface area contributed by atoms with Crippen LogP contribution in [-0.4, -0.2) is 4.92 Å². The summed E-state index contributed by atoms with van der Waals surface area (Å²) >= 11 is 11.8. The number of para-hydroxylation sites is 1. The minimum Gasteiger partial charge on any atom is -0.448 e. The van der Waals surface area contributed by atoms with Crippen LogP contribution >= 0.6 is 23.2 Å². The Morgan fingerprint density at radius 3 is 2.65 bits per heavy atom. The number of halogens is 2. The summed E-state index contributed by atoms with van der Waals surface area (Å²) in [6.45, 7) is 1.74. The molecule has 0 fully saturated rings. The molecule has 6 heteroatoms. The standard InChI is InChI=1S/C14H11Cl2NO3/c1-9-3-2-4-12(17(18)19)14(9)20-13-6-5-10(8-15)7-11(13)16/h2-7H,8H2,1H3. The molecule has 104 valence electrons. The normalized spacial score (nSPS) is 10.3. The lowest BCUT2D eigenvalue weighted by atomic mass is 10.2. The molecule has 0 unspecified atom stereocenters. The van der Waals surface area contributed by atoms with Crippen molar-refractivity contribution >= 4 is 28.9 Å². The van der Waals surface area contributed by atoms with E-state index in [0.29, 0.717) is 22.2 Å². The molecule has 0 aliphatic rings. The van der Waals surface area contributed by atoms with Crippen molar-refractivity contribution in [1.29, 1.82) is 0 Å². The van der Waals surface area contributed by atoms with Gasteiger partial charge in [0, 0.05) is 11.9 Å². The van der Waals surface area contributed by atoms with E-state index >= 15 is 0 Å². The van der Waals surface area contributed by atoms with E-state index in [9.17, 15) is 10.1 Å². The van der Waals surface area contributed by atoms with Crippen LogP contribution in [0.3, 0.4) is 0 Å². The summed E-state index contributed by atoms with van der Waals surface area (Å²) in [5, 5.41) is 11.4. The SMILES string of the molecule is Cc1cccc([N+](=O)[O-])c1Oc1ccc(CCl)cc1Cl. The summed E-state index contributed by atoms with van der Waals surface area (Å²) in [6.07, 6.45) is 0. The van der Waals surface area contributed by atoms with Crippen LogP contribution in [0.4, 0.5) is 5.69 Å². The molecule has 0 aliphatic heterocycles. The second-order valence-electron chi connectivity index (χ2n) is 4.18. The molecular formula is C14H11Cl2NO3. The zero-order valence-corrected chi connectivity index (χ0v) is 12.1. The number of benzene rings is 2. The average Bonchev–Trinajstić information content (AvgIpc) is 2.42. The number of hydrogen-bond acceptors (Lipinski definition) is 3. The van der Waals surface area contributed by atoms with Crippen LogP contribution in [-0.2, 0) is 5.88 Å². The van der Waals surface area contributed by atoms with Crippen molar-refractivity contribution in [3.05, 3.63) is 62.7 Å². The Morgan fingerprint density at radius 2 is 2.05 bits per heavy atom. The number of ether oxygens (including phenoxy) is 1. The van der Waals surface area contributed by atoms with E-state index in [4.69, 9.17) is 27.9 Å². The lowest BCUT2D eigenvalue weighted by molar-refractivity contribution is -0.385. The number of nitro benzene ring substituents is 1. The monoisotopic (exact) mass is 311 g/mol. The first-order chi connectivity index (χ1) is 9.52. The average molecular weight is 312 g/mol. The van der Waals surface area contributed by atoms with Gasteiger partial charge < -0.3 is 4.74 Å². The van der Waals surface area contributed by atoms with Crippen molar-refractivity contribution in [2.45, 2.75) is 12.8 Å². The Labute approximate surface area is 126 Å². The van der Waals surface area contributed by atoms with E-state index in [2.05, 4.69) is 0 Å². The van der Waals surface area contributed by atoms with Crippen molar-refractivity contribution in [1.82, 2.24) is 0 Å². The van der Waals surface area contributed by atoms with Gasteiger partial charge in [-0.3, -0.25) is 10.1 Å². The molecular weight excluding hydrogens is 301 g/mol. The van der Waals surface area contributed by atoms with Gasteiger partial charge in [-0.2, -0.15) is 0 Å². The van der Waals surface area contributed by atoms with E-state index in [1.54, 1.807) is 37.3 Å². The summed E-state index contributed by atoms with van der Waals surface area (Å²) in [5.74, 6) is 0.890. The molecule has 0 N–H and O–H groups in total. The summed E-state index contributed by atoms with van der Waals surface area (Å²) in [7, 11) is 0. The van der Waals surface area contributed by atoms with Gasteiger partial charge in [-0.05, 0) is 30.2 Å². The Hall–Kier alpha value is -1.78. The third kappa shape index (κ3) is 3.03. The quantitative estimate of drug-likeness (QED) is 0.449. The van der Waals surface area contributed by atoms with E-state index < -0.39 is 4.92 Å². The zero-order valence-electron chi connectivity index (χ0n) is 10.6. The molecule has 0 heterocycles. The minimum atomic E-state index is -0.483. The second-order valence-corrected chi connectivity index (χ2v) is 4.86. The topological polar surface area (TPSA) is 52.4 Å². The molecule has 0 amide bonds. The van der Waals surface area contributed by atoms with Crippen molar-refractivity contribution in [2.24, 2.45) is 0 Å². The van der Waals surface area contributed by atoms with Gasteiger partial charge in [0.05, 0.1) is 9.95 Å². The van der Waals surface area contributed by atoms with Gasteiger partial charge in [-0.15, -0.1) is 11.6 Å². The maximum Gasteiger partial charge on any atom is 0.311 e. The fourth-order valence-corrected chi connectivity index (χ4v) is 2.14. The van der Waals surface area contributed by atoms with E-state index in [1.807, 2.05) is 0 Å². The van der Waals surface area contributed by atoms with Crippen LogP contribution in [0.2, 0.25) is 5.02 Å². The first kappa shape index (κ1) is 14.6. The highest BCUT2D eigenvalue weighted by atomic mass is 35.5. The van der Waals surface area contributed by atoms with Crippen molar-refractivity contribution in [3.8, 4) is 11.5 Å². The Morgan fingerprint density at radius 1 is 1.30 bits per heavy atom. The molecule has 0 atom stereocenters. The Kier molecular flexibility index (Phi) is 4.47. The number of aryl methyl sites for hydroxylation is 1. The van der Waals surface area contributed by atoms with Crippen LogP contribution in [0.25, 0.3) is 0 Å². The third-order valence-corrected chi connectivity index (χ3v) is 3.35. The van der Waals surface area contributed by atoms with Gasteiger partial charge >= 0.3 is 5.69 Å². The van der Waals surface area contributed by atoms with Crippen LogP contribution in [0, 0.1) is 17.0 Å². The molecule has 2 aromatic rings. The summed E-state index contributed by atoms with van der Waals surface area (Å²) in [4.78, 5) is 10.5. The number of alkyl halides is 1. The maximum absolute atomic E-state index is 11.0. The second kappa shape index (κ2) is 6.11. The predicted octanol–water partition coefficient (Wildman–Crippen LogP) is 5.09. The molecule has 2 rings (SSSR count). The largest absolute Gasteiger partial charge is 0.448 e. The molecule has 0 saturated carbocycles. The van der Waals surface area contributed by atoms with E-state index in [1.165, 1.54) is 6.07 Å². The predicted molar refractivity (Wildman–Crippen MR) is 78.9 cm³/mol. The Balaban J connectivity index is 2.42. The van der Waals surface area contributed by atoms with Crippen molar-refractivity contribution in [3.63, 3.8) is 0 Å². The molecule has 2 aromatic carbocycles. The van der Waals surface area contributed by atoms with Gasteiger partial charge in [-0.25, -0.2) is 0 Å². The summed E-state index contributed by atoms with van der Waals surface area (Å²) in [6, 6.07) is 9.83. The molecule has 0 aromatic heterocycles. The molecule has 4 nitrogen and oxygen atoms in total. The Bertz CT molecular complexity index is 659. The van der Waals surface area contributed by atoms with Crippen LogP contribution in [0.1, 0.15) is 11.1 Å². The maximum atomic E-state index is 11.0. The van der Waals surface area contributed by atoms with Crippen LogP contribution in [0.5, 0.6) is 11.5 Å². The highest BCUT2D eigenvalue weighted by Gasteiger charge is 2.18. The van der Waals surface area contributed by atoms with Gasteiger partial charge in [0.15, 0.2) is 0 Å². The van der Waals surface area contributed by atoms with Gasteiger partial charge in [0.2, 0.25) is 5.75 Å². The van der Waals surface area contributed by atoms with Crippen molar-refractivity contribution < 1.29 is 9.66 Å². The lowest BCUT2D eigenvalue weighted by Gasteiger charge is -2.11. The van der Waals surface area contributed by atoms with Gasteiger partial charge in [0.1, 0.15) is 5.75 Å². The number of nitrogens with zero attached hydrogens (tertiary/aromatic N) is 1. The molecule has 0 spiro atoms. The molecule has 20 heavy (non-hydrogen) atoms. The molecule has 0 bridgehead atoms. The highest BCUT2D eigenvalue weighted by Crippen LogP contribution is 2.37.